The van der Waals surface area contributed by atoms with E-state index in [2.05, 4.69) is 0 Å². The van der Waals surface area contributed by atoms with E-state index in [9.17, 15) is 15.3 Å². The first-order valence-electron chi connectivity index (χ1n) is 10.3. The van der Waals surface area contributed by atoms with E-state index in [1.807, 2.05) is 36.4 Å². The highest BCUT2D eigenvalue weighted by Crippen LogP contribution is 2.34. The van der Waals surface area contributed by atoms with Crippen LogP contribution >= 0.6 is 11.6 Å². The fourth-order valence-corrected chi connectivity index (χ4v) is 4.15. The van der Waals surface area contributed by atoms with Gasteiger partial charge >= 0.3 is 0 Å². The molecule has 4 rings (SSSR count). The summed E-state index contributed by atoms with van der Waals surface area (Å²) in [6, 6.07) is 13.4. The average molecular weight is 435 g/mol. The van der Waals surface area contributed by atoms with E-state index in [0.717, 1.165) is 35.5 Å². The second-order valence-corrected chi connectivity index (χ2v) is 8.33. The van der Waals surface area contributed by atoms with Crippen molar-refractivity contribution >= 4 is 11.6 Å². The molecule has 3 unspecified atom stereocenters. The number of ether oxygens (including phenoxy) is 3. The molecule has 2 aromatic carbocycles. The smallest absolute Gasteiger partial charge is 0.124 e. The van der Waals surface area contributed by atoms with Crippen LogP contribution in [0.1, 0.15) is 35.6 Å². The fraction of sp³-hybridized carbons (Fsp3) is 0.478. The first kappa shape index (κ1) is 21.6. The molecule has 2 saturated heterocycles. The lowest BCUT2D eigenvalue weighted by Crippen LogP contribution is -2.44. The monoisotopic (exact) mass is 434 g/mol. The highest BCUT2D eigenvalue weighted by molar-refractivity contribution is 6.31. The Morgan fingerprint density at radius 2 is 1.87 bits per heavy atom. The third kappa shape index (κ3) is 4.97. The Morgan fingerprint density at radius 3 is 2.57 bits per heavy atom. The molecule has 0 amide bonds. The summed E-state index contributed by atoms with van der Waals surface area (Å²) >= 11 is 6.42. The van der Waals surface area contributed by atoms with Crippen molar-refractivity contribution in [2.45, 2.75) is 49.8 Å². The third-order valence-corrected chi connectivity index (χ3v) is 6.04. The van der Waals surface area contributed by atoms with Crippen LogP contribution in [-0.4, -0.2) is 59.6 Å². The minimum atomic E-state index is -0.885. The Balaban J connectivity index is 1.46. The molecule has 0 spiro atoms. The van der Waals surface area contributed by atoms with E-state index in [-0.39, 0.29) is 19.1 Å². The predicted octanol–water partition coefficient (Wildman–Crippen LogP) is 2.64. The summed E-state index contributed by atoms with van der Waals surface area (Å²) < 4.78 is 17.0. The highest BCUT2D eigenvalue weighted by atomic mass is 35.5. The number of halogens is 1. The summed E-state index contributed by atoms with van der Waals surface area (Å²) in [7, 11) is 0. The summed E-state index contributed by atoms with van der Waals surface area (Å²) in [5.74, 6) is 0.821. The van der Waals surface area contributed by atoms with Crippen molar-refractivity contribution in [3.8, 4) is 5.75 Å². The molecule has 162 valence electrons. The second kappa shape index (κ2) is 9.64. The van der Waals surface area contributed by atoms with Gasteiger partial charge in [-0.15, -0.1) is 0 Å². The molecule has 0 aliphatic carbocycles. The van der Waals surface area contributed by atoms with Crippen LogP contribution in [0.25, 0.3) is 0 Å². The van der Waals surface area contributed by atoms with Gasteiger partial charge in [-0.3, -0.25) is 0 Å². The van der Waals surface area contributed by atoms with E-state index >= 15 is 0 Å². The molecule has 2 aliphatic heterocycles. The molecule has 3 N–H and O–H groups in total. The van der Waals surface area contributed by atoms with Gasteiger partial charge in [-0.05, 0) is 41.3 Å². The maximum absolute atomic E-state index is 10.4. The van der Waals surface area contributed by atoms with Crippen LogP contribution in [0.5, 0.6) is 5.75 Å². The molecule has 0 aromatic heterocycles. The fourth-order valence-electron chi connectivity index (χ4n) is 3.97. The average Bonchev–Trinajstić information content (AvgIpc) is 3.24. The number of benzene rings is 2. The van der Waals surface area contributed by atoms with Crippen LogP contribution in [0.4, 0.5) is 0 Å². The van der Waals surface area contributed by atoms with Crippen molar-refractivity contribution in [3.63, 3.8) is 0 Å². The Bertz CT molecular complexity index is 836. The maximum atomic E-state index is 10.4. The van der Waals surface area contributed by atoms with Gasteiger partial charge in [0, 0.05) is 17.9 Å². The van der Waals surface area contributed by atoms with Crippen molar-refractivity contribution in [1.82, 2.24) is 0 Å². The summed E-state index contributed by atoms with van der Waals surface area (Å²) in [6.07, 6.45) is -1.27. The van der Waals surface area contributed by atoms with Gasteiger partial charge in [0.05, 0.1) is 32.0 Å². The number of rotatable bonds is 6. The van der Waals surface area contributed by atoms with Gasteiger partial charge < -0.3 is 29.5 Å². The Hall–Kier alpha value is -1.67. The van der Waals surface area contributed by atoms with Gasteiger partial charge in [-0.2, -0.15) is 0 Å². The minimum absolute atomic E-state index is 0.116. The Kier molecular flexibility index (Phi) is 6.93. The zero-order valence-electron chi connectivity index (χ0n) is 16.6. The molecule has 2 heterocycles. The molecule has 0 bridgehead atoms. The summed E-state index contributed by atoms with van der Waals surface area (Å²) in [6.45, 7) is 1.08. The number of hydrogen-bond donors (Lipinski definition) is 3. The van der Waals surface area contributed by atoms with Crippen LogP contribution in [-0.2, 0) is 15.9 Å². The highest BCUT2D eigenvalue weighted by Gasteiger charge is 2.36. The molecule has 2 aliphatic rings. The van der Waals surface area contributed by atoms with Crippen LogP contribution in [0.15, 0.2) is 42.5 Å². The first-order valence-corrected chi connectivity index (χ1v) is 10.7. The van der Waals surface area contributed by atoms with Gasteiger partial charge in [0.1, 0.15) is 24.1 Å². The minimum Gasteiger partial charge on any atom is -0.488 e. The second-order valence-electron chi connectivity index (χ2n) is 7.92. The predicted molar refractivity (Wildman–Crippen MR) is 112 cm³/mol. The molecule has 6 nitrogen and oxygen atoms in total. The van der Waals surface area contributed by atoms with Crippen LogP contribution in [0, 0.1) is 0 Å². The summed E-state index contributed by atoms with van der Waals surface area (Å²) in [5, 5.41) is 30.4. The lowest BCUT2D eigenvalue weighted by molar-refractivity contribution is -0.181. The van der Waals surface area contributed by atoms with Crippen LogP contribution in [0.3, 0.4) is 0 Å². The van der Waals surface area contributed by atoms with Crippen LogP contribution in [0.2, 0.25) is 5.02 Å². The van der Waals surface area contributed by atoms with Crippen molar-refractivity contribution < 1.29 is 29.5 Å². The largest absolute Gasteiger partial charge is 0.488 e. The molecule has 7 heteroatoms. The van der Waals surface area contributed by atoms with Crippen molar-refractivity contribution in [3.05, 3.63) is 64.2 Å². The zero-order chi connectivity index (χ0) is 21.1. The maximum Gasteiger partial charge on any atom is 0.124 e. The molecular formula is C23H27ClO6. The van der Waals surface area contributed by atoms with E-state index < -0.39 is 24.4 Å². The molecule has 5 atom stereocenters. The number of aliphatic hydroxyl groups excluding tert-OH is 3. The normalized spacial score (nSPS) is 29.1. The topological polar surface area (TPSA) is 88.4 Å². The van der Waals surface area contributed by atoms with Gasteiger partial charge in [0.15, 0.2) is 0 Å². The molecular weight excluding hydrogens is 408 g/mol. The third-order valence-electron chi connectivity index (χ3n) is 5.67. The number of hydrogen-bond acceptors (Lipinski definition) is 6. The molecule has 0 radical (unpaired) electrons. The molecule has 30 heavy (non-hydrogen) atoms. The molecule has 0 saturated carbocycles. The summed E-state index contributed by atoms with van der Waals surface area (Å²) in [4.78, 5) is 0. The van der Waals surface area contributed by atoms with Crippen LogP contribution < -0.4 is 4.74 Å². The van der Waals surface area contributed by atoms with Gasteiger partial charge in [-0.1, -0.05) is 35.9 Å². The lowest BCUT2D eigenvalue weighted by Gasteiger charge is -2.37. The van der Waals surface area contributed by atoms with Crippen molar-refractivity contribution in [1.29, 1.82) is 0 Å². The van der Waals surface area contributed by atoms with Crippen molar-refractivity contribution in [2.75, 3.05) is 19.8 Å². The standard InChI is InChI=1S/C23H27ClO6/c24-19-6-3-15(23-21(27)11-20(26)22(12-25)30-23)10-16(19)9-14-1-4-17(5-2-14)29-18-7-8-28-13-18/h1-6,10,18,20-23,25-27H,7-9,11-13H2/t18?,20-,21?,22?,23-/m0/s1. The molecule has 2 fully saturated rings. The van der Waals surface area contributed by atoms with Crippen molar-refractivity contribution in [2.24, 2.45) is 0 Å². The SMILES string of the molecule is OCC1O[C@@H](c2ccc(Cl)c(Cc3ccc(OC4CCOC4)cc3)c2)C(O)C[C@@H]1O. The van der Waals surface area contributed by atoms with Gasteiger partial charge in [-0.25, -0.2) is 0 Å². The lowest BCUT2D eigenvalue weighted by atomic mass is 9.92. The van der Waals surface area contributed by atoms with E-state index in [1.165, 1.54) is 0 Å². The van der Waals surface area contributed by atoms with E-state index in [4.69, 9.17) is 25.8 Å². The quantitative estimate of drug-likeness (QED) is 0.647. The Morgan fingerprint density at radius 1 is 1.07 bits per heavy atom. The van der Waals surface area contributed by atoms with Gasteiger partial charge in [0.25, 0.3) is 0 Å². The first-order chi connectivity index (χ1) is 14.5. The van der Waals surface area contributed by atoms with Gasteiger partial charge in [0.2, 0.25) is 0 Å². The van der Waals surface area contributed by atoms with E-state index in [0.29, 0.717) is 18.1 Å². The number of aliphatic hydroxyl groups is 3. The Labute approximate surface area is 181 Å². The summed E-state index contributed by atoms with van der Waals surface area (Å²) in [5.41, 5.74) is 2.76. The van der Waals surface area contributed by atoms with E-state index in [1.54, 1.807) is 6.07 Å². The molecule has 2 aromatic rings. The zero-order valence-corrected chi connectivity index (χ0v) is 17.4.